The summed E-state index contributed by atoms with van der Waals surface area (Å²) in [7, 11) is 0. The molecule has 0 aliphatic heterocycles. The molecule has 0 fully saturated rings. The van der Waals surface area contributed by atoms with Gasteiger partial charge in [-0.1, -0.05) is 30.3 Å². The van der Waals surface area contributed by atoms with E-state index in [-0.39, 0.29) is 0 Å². The second kappa shape index (κ2) is 4.74. The molecular weight excluding hydrogens is 278 g/mol. The predicted molar refractivity (Wildman–Crippen MR) is 61.4 cm³/mol. The van der Waals surface area contributed by atoms with Crippen molar-refractivity contribution >= 4 is 15.9 Å². The molecule has 2 rings (SSSR count). The van der Waals surface area contributed by atoms with Crippen LogP contribution in [0.1, 0.15) is 0 Å². The monoisotopic (exact) mass is 286 g/mol. The van der Waals surface area contributed by atoms with Gasteiger partial charge in [0, 0.05) is 5.56 Å². The zero-order valence-corrected chi connectivity index (χ0v) is 9.86. The Hall–Kier alpha value is -1.23. The van der Waals surface area contributed by atoms with Crippen LogP contribution in [0.4, 0.5) is 8.78 Å². The maximum atomic E-state index is 12.3. The van der Waals surface area contributed by atoms with Gasteiger partial charge in [-0.2, -0.15) is 5.10 Å². The summed E-state index contributed by atoms with van der Waals surface area (Å²) in [5, 5.41) is 3.92. The van der Waals surface area contributed by atoms with Gasteiger partial charge in [-0.05, 0) is 15.9 Å². The smallest absolute Gasteiger partial charge is 0.257 e. The summed E-state index contributed by atoms with van der Waals surface area (Å²) in [6, 6.07) is 9.34. The van der Waals surface area contributed by atoms with E-state index in [9.17, 15) is 8.78 Å². The molecule has 5 heteroatoms. The quantitative estimate of drug-likeness (QED) is 0.843. The van der Waals surface area contributed by atoms with Crippen LogP contribution in [0.15, 0.2) is 41.0 Å². The SMILES string of the molecule is FC(F)Cn1ncc(Br)c1-c1ccccc1. The lowest BCUT2D eigenvalue weighted by Gasteiger charge is -2.07. The molecule has 0 saturated carbocycles. The molecule has 2 aromatic rings. The lowest BCUT2D eigenvalue weighted by molar-refractivity contribution is 0.122. The highest BCUT2D eigenvalue weighted by molar-refractivity contribution is 9.10. The van der Waals surface area contributed by atoms with Gasteiger partial charge in [0.15, 0.2) is 0 Å². The topological polar surface area (TPSA) is 17.8 Å². The number of nitrogens with zero attached hydrogens (tertiary/aromatic N) is 2. The van der Waals surface area contributed by atoms with Crippen LogP contribution < -0.4 is 0 Å². The molecule has 1 aromatic carbocycles. The van der Waals surface area contributed by atoms with E-state index >= 15 is 0 Å². The lowest BCUT2D eigenvalue weighted by atomic mass is 10.1. The number of rotatable bonds is 3. The highest BCUT2D eigenvalue weighted by Crippen LogP contribution is 2.28. The van der Waals surface area contributed by atoms with Crippen molar-refractivity contribution in [3.63, 3.8) is 0 Å². The third kappa shape index (κ3) is 2.29. The first-order valence-electron chi connectivity index (χ1n) is 4.73. The zero-order valence-electron chi connectivity index (χ0n) is 8.28. The average Bonchev–Trinajstić information content (AvgIpc) is 2.60. The fourth-order valence-electron chi connectivity index (χ4n) is 1.51. The summed E-state index contributed by atoms with van der Waals surface area (Å²) in [5.74, 6) is 0. The van der Waals surface area contributed by atoms with E-state index in [4.69, 9.17) is 0 Å². The minimum Gasteiger partial charge on any atom is -0.258 e. The Balaban J connectivity index is 2.43. The van der Waals surface area contributed by atoms with Crippen LogP contribution >= 0.6 is 15.9 Å². The summed E-state index contributed by atoms with van der Waals surface area (Å²) in [5.41, 5.74) is 1.55. The van der Waals surface area contributed by atoms with E-state index in [1.54, 1.807) is 0 Å². The fourth-order valence-corrected chi connectivity index (χ4v) is 2.04. The second-order valence-electron chi connectivity index (χ2n) is 3.28. The van der Waals surface area contributed by atoms with Crippen LogP contribution in [0, 0.1) is 0 Å². The van der Waals surface area contributed by atoms with Gasteiger partial charge >= 0.3 is 0 Å². The van der Waals surface area contributed by atoms with Gasteiger partial charge in [0.1, 0.15) is 6.54 Å². The minimum atomic E-state index is -2.41. The summed E-state index contributed by atoms with van der Waals surface area (Å²) < 4.78 is 26.7. The second-order valence-corrected chi connectivity index (χ2v) is 4.13. The lowest BCUT2D eigenvalue weighted by Crippen LogP contribution is -2.09. The number of aromatic nitrogens is 2. The van der Waals surface area contributed by atoms with E-state index in [0.717, 1.165) is 10.0 Å². The highest BCUT2D eigenvalue weighted by Gasteiger charge is 2.14. The van der Waals surface area contributed by atoms with Crippen molar-refractivity contribution in [3.05, 3.63) is 41.0 Å². The molecule has 0 unspecified atom stereocenters. The Morgan fingerprint density at radius 2 is 1.94 bits per heavy atom. The molecule has 1 heterocycles. The highest BCUT2D eigenvalue weighted by atomic mass is 79.9. The standard InChI is InChI=1S/C11H9BrF2N2/c12-9-6-15-16(7-10(13)14)11(9)8-4-2-1-3-5-8/h1-6,10H,7H2. The molecule has 0 aliphatic carbocycles. The number of hydrogen-bond acceptors (Lipinski definition) is 1. The summed E-state index contributed by atoms with van der Waals surface area (Å²) >= 11 is 3.32. The third-order valence-electron chi connectivity index (χ3n) is 2.15. The Morgan fingerprint density at radius 3 is 2.56 bits per heavy atom. The van der Waals surface area contributed by atoms with Crippen LogP contribution in [0.5, 0.6) is 0 Å². The minimum absolute atomic E-state index is 0.393. The Morgan fingerprint density at radius 1 is 1.25 bits per heavy atom. The molecule has 2 nitrogen and oxygen atoms in total. The molecule has 0 bridgehead atoms. The van der Waals surface area contributed by atoms with Crippen LogP contribution in [0.2, 0.25) is 0 Å². The number of halogens is 3. The Kier molecular flexibility index (Phi) is 3.33. The molecule has 0 saturated heterocycles. The normalized spacial score (nSPS) is 11.0. The maximum Gasteiger partial charge on any atom is 0.257 e. The van der Waals surface area contributed by atoms with Gasteiger partial charge in [0.05, 0.1) is 16.4 Å². The molecule has 0 radical (unpaired) electrons. The Bertz CT molecular complexity index is 468. The van der Waals surface area contributed by atoms with Crippen LogP contribution in [-0.2, 0) is 6.54 Å². The van der Waals surface area contributed by atoms with E-state index in [0.29, 0.717) is 5.69 Å². The van der Waals surface area contributed by atoms with E-state index in [1.807, 2.05) is 30.3 Å². The van der Waals surface area contributed by atoms with Gasteiger partial charge in [-0.15, -0.1) is 0 Å². The van der Waals surface area contributed by atoms with Gasteiger partial charge in [-0.25, -0.2) is 8.78 Å². The third-order valence-corrected chi connectivity index (χ3v) is 2.73. The van der Waals surface area contributed by atoms with E-state index in [1.165, 1.54) is 10.9 Å². The largest absolute Gasteiger partial charge is 0.258 e. The van der Waals surface area contributed by atoms with Gasteiger partial charge in [0.2, 0.25) is 0 Å². The van der Waals surface area contributed by atoms with E-state index in [2.05, 4.69) is 21.0 Å². The average molecular weight is 287 g/mol. The predicted octanol–water partition coefficient (Wildman–Crippen LogP) is 3.58. The van der Waals surface area contributed by atoms with Crippen molar-refractivity contribution in [3.8, 4) is 11.3 Å². The van der Waals surface area contributed by atoms with Gasteiger partial charge in [-0.3, -0.25) is 4.68 Å². The molecule has 84 valence electrons. The summed E-state index contributed by atoms with van der Waals surface area (Å²) in [6.07, 6.45) is -0.876. The number of hydrogen-bond donors (Lipinski definition) is 0. The molecular formula is C11H9BrF2N2. The van der Waals surface area contributed by atoms with Gasteiger partial charge < -0.3 is 0 Å². The molecule has 0 amide bonds. The van der Waals surface area contributed by atoms with Crippen molar-refractivity contribution < 1.29 is 8.78 Å². The van der Waals surface area contributed by atoms with Gasteiger partial charge in [0.25, 0.3) is 6.43 Å². The summed E-state index contributed by atoms with van der Waals surface area (Å²) in [4.78, 5) is 0. The van der Waals surface area contributed by atoms with Crippen molar-refractivity contribution in [2.45, 2.75) is 13.0 Å². The molecule has 16 heavy (non-hydrogen) atoms. The molecule has 0 N–H and O–H groups in total. The fraction of sp³-hybridized carbons (Fsp3) is 0.182. The maximum absolute atomic E-state index is 12.3. The first-order valence-corrected chi connectivity index (χ1v) is 5.52. The molecule has 1 aromatic heterocycles. The first kappa shape index (κ1) is 11.3. The summed E-state index contributed by atoms with van der Waals surface area (Å²) in [6.45, 7) is -0.393. The molecule has 0 atom stereocenters. The van der Waals surface area contributed by atoms with Crippen LogP contribution in [-0.4, -0.2) is 16.2 Å². The first-order chi connectivity index (χ1) is 7.68. The van der Waals surface area contributed by atoms with E-state index < -0.39 is 13.0 Å². The van der Waals surface area contributed by atoms with Crippen molar-refractivity contribution in [2.75, 3.05) is 0 Å². The Labute approximate surface area is 100 Å². The van der Waals surface area contributed by atoms with Crippen molar-refractivity contribution in [1.29, 1.82) is 0 Å². The number of alkyl halides is 2. The van der Waals surface area contributed by atoms with Crippen LogP contribution in [0.3, 0.4) is 0 Å². The molecule has 0 spiro atoms. The number of benzene rings is 1. The zero-order chi connectivity index (χ0) is 11.5. The molecule has 0 aliphatic rings. The van der Waals surface area contributed by atoms with Crippen LogP contribution in [0.25, 0.3) is 11.3 Å². The van der Waals surface area contributed by atoms with Crippen molar-refractivity contribution in [1.82, 2.24) is 9.78 Å². The van der Waals surface area contributed by atoms with Crippen molar-refractivity contribution in [2.24, 2.45) is 0 Å².